The fourth-order valence-corrected chi connectivity index (χ4v) is 6.10. The smallest absolute Gasteiger partial charge is 0.233 e. The molecule has 0 aliphatic carbocycles. The van der Waals surface area contributed by atoms with E-state index in [9.17, 15) is 13.2 Å². The Balaban J connectivity index is 1.61. The van der Waals surface area contributed by atoms with Crippen LogP contribution in [0, 0.1) is 11.3 Å². The highest BCUT2D eigenvalue weighted by Gasteiger charge is 2.49. The average molecular weight is 423 g/mol. The maximum atomic E-state index is 13.2. The molecule has 1 spiro atoms. The van der Waals surface area contributed by atoms with Crippen molar-refractivity contribution in [3.05, 3.63) is 24.3 Å². The molecular weight excluding hydrogens is 388 g/mol. The molecule has 0 unspecified atom stereocenters. The topological polar surface area (TPSA) is 66.9 Å². The van der Waals surface area contributed by atoms with E-state index < -0.39 is 15.4 Å². The predicted molar refractivity (Wildman–Crippen MR) is 116 cm³/mol. The number of amides is 1. The van der Waals surface area contributed by atoms with Crippen molar-refractivity contribution < 1.29 is 17.9 Å². The molecular formula is C22H34N2O4S. The summed E-state index contributed by atoms with van der Waals surface area (Å²) >= 11 is 0. The third-order valence-electron chi connectivity index (χ3n) is 6.04. The number of benzene rings is 1. The number of ether oxygens (including phenoxy) is 1. The third-order valence-corrected chi connectivity index (χ3v) is 8.28. The van der Waals surface area contributed by atoms with Crippen LogP contribution >= 0.6 is 0 Å². The molecule has 6 nitrogen and oxygen atoms in total. The maximum absolute atomic E-state index is 13.2. The highest BCUT2D eigenvalue weighted by atomic mass is 32.2. The Morgan fingerprint density at radius 3 is 2.28 bits per heavy atom. The van der Waals surface area contributed by atoms with Crippen LogP contribution in [-0.2, 0) is 14.8 Å². The minimum absolute atomic E-state index is 0.105. The second kappa shape index (κ2) is 9.04. The number of rotatable bonds is 8. The van der Waals surface area contributed by atoms with Crippen LogP contribution in [0.15, 0.2) is 24.3 Å². The number of piperidine rings is 1. The van der Waals surface area contributed by atoms with Crippen LogP contribution in [0.25, 0.3) is 0 Å². The van der Waals surface area contributed by atoms with Gasteiger partial charge in [0.15, 0.2) is 0 Å². The molecule has 0 N–H and O–H groups in total. The molecule has 0 radical (unpaired) electrons. The van der Waals surface area contributed by atoms with Crippen molar-refractivity contribution in [3.63, 3.8) is 0 Å². The number of carbonyl (C=O) groups is 1. The van der Waals surface area contributed by atoms with Gasteiger partial charge in [-0.25, -0.2) is 12.7 Å². The van der Waals surface area contributed by atoms with Crippen molar-refractivity contribution in [1.82, 2.24) is 4.31 Å². The molecule has 1 aromatic carbocycles. The van der Waals surface area contributed by atoms with Gasteiger partial charge in [0.2, 0.25) is 15.9 Å². The molecule has 1 amide bonds. The van der Waals surface area contributed by atoms with Gasteiger partial charge >= 0.3 is 0 Å². The molecule has 2 aliphatic rings. The molecule has 2 aliphatic heterocycles. The molecule has 0 saturated carbocycles. The maximum Gasteiger partial charge on any atom is 0.233 e. The van der Waals surface area contributed by atoms with Gasteiger partial charge in [-0.15, -0.1) is 0 Å². The SMILES string of the molecule is CCCCOc1ccc(N2CCC3(CCN(S(=O)(=O)CC(C)C)CC3)C2=O)cc1. The van der Waals surface area contributed by atoms with E-state index in [2.05, 4.69) is 6.92 Å². The number of carbonyl (C=O) groups excluding carboxylic acids is 1. The molecule has 0 atom stereocenters. The molecule has 1 aromatic rings. The fraction of sp³-hybridized carbons (Fsp3) is 0.682. The van der Waals surface area contributed by atoms with E-state index in [0.717, 1.165) is 30.7 Å². The lowest BCUT2D eigenvalue weighted by atomic mass is 9.77. The van der Waals surface area contributed by atoms with E-state index in [1.54, 1.807) is 4.31 Å². The number of unbranched alkanes of at least 4 members (excludes halogenated alkanes) is 1. The molecule has 29 heavy (non-hydrogen) atoms. The normalized spacial score (nSPS) is 20.0. The second-order valence-electron chi connectivity index (χ2n) is 8.75. The quantitative estimate of drug-likeness (QED) is 0.600. The number of hydrogen-bond acceptors (Lipinski definition) is 4. The first kappa shape index (κ1) is 22.1. The summed E-state index contributed by atoms with van der Waals surface area (Å²) in [5.41, 5.74) is 0.477. The standard InChI is InChI=1S/C22H34N2O4S/c1-4-5-16-28-20-8-6-19(7-9-20)24-15-12-22(21(24)25)10-13-23(14-11-22)29(26,27)17-18(2)3/h6-9,18H,4-5,10-17H2,1-3H3. The zero-order valence-corrected chi connectivity index (χ0v) is 18.7. The lowest BCUT2D eigenvalue weighted by molar-refractivity contribution is -0.127. The summed E-state index contributed by atoms with van der Waals surface area (Å²) in [4.78, 5) is 15.1. The fourth-order valence-electron chi connectivity index (χ4n) is 4.31. The van der Waals surface area contributed by atoms with Crippen LogP contribution < -0.4 is 9.64 Å². The summed E-state index contributed by atoms with van der Waals surface area (Å²) in [6.45, 7) is 8.25. The van der Waals surface area contributed by atoms with Crippen LogP contribution in [0.3, 0.4) is 0 Å². The van der Waals surface area contributed by atoms with Gasteiger partial charge in [0.25, 0.3) is 0 Å². The Kier molecular flexibility index (Phi) is 6.89. The van der Waals surface area contributed by atoms with Gasteiger partial charge in [-0.2, -0.15) is 0 Å². The van der Waals surface area contributed by atoms with E-state index in [1.807, 2.05) is 43.0 Å². The number of anilines is 1. The van der Waals surface area contributed by atoms with E-state index in [0.29, 0.717) is 39.1 Å². The molecule has 162 valence electrons. The Hall–Kier alpha value is -1.60. The highest BCUT2D eigenvalue weighted by molar-refractivity contribution is 7.89. The monoisotopic (exact) mass is 422 g/mol. The van der Waals surface area contributed by atoms with Crippen molar-refractivity contribution in [2.24, 2.45) is 11.3 Å². The second-order valence-corrected chi connectivity index (χ2v) is 10.8. The molecule has 0 aromatic heterocycles. The molecule has 7 heteroatoms. The molecule has 2 saturated heterocycles. The lowest BCUT2D eigenvalue weighted by Gasteiger charge is -2.37. The van der Waals surface area contributed by atoms with Crippen molar-refractivity contribution in [3.8, 4) is 5.75 Å². The number of sulfonamides is 1. The zero-order valence-electron chi connectivity index (χ0n) is 17.9. The zero-order chi connectivity index (χ0) is 21.1. The average Bonchev–Trinajstić information content (AvgIpc) is 2.98. The number of nitrogens with zero attached hydrogens (tertiary/aromatic N) is 2. The minimum atomic E-state index is -3.23. The summed E-state index contributed by atoms with van der Waals surface area (Å²) in [5.74, 6) is 1.24. The third kappa shape index (κ3) is 4.94. The van der Waals surface area contributed by atoms with Crippen molar-refractivity contribution in [2.45, 2.75) is 52.9 Å². The van der Waals surface area contributed by atoms with E-state index in [4.69, 9.17) is 4.74 Å². The van der Waals surface area contributed by atoms with E-state index in [1.165, 1.54) is 0 Å². The van der Waals surface area contributed by atoms with Gasteiger partial charge in [-0.05, 0) is 55.9 Å². The summed E-state index contributed by atoms with van der Waals surface area (Å²) in [5, 5.41) is 0. The Labute approximate surface area is 175 Å². The van der Waals surface area contributed by atoms with Crippen LogP contribution in [0.1, 0.15) is 52.9 Å². The number of hydrogen-bond donors (Lipinski definition) is 0. The highest BCUT2D eigenvalue weighted by Crippen LogP contribution is 2.43. The summed E-state index contributed by atoms with van der Waals surface area (Å²) in [7, 11) is -3.23. The van der Waals surface area contributed by atoms with Gasteiger partial charge < -0.3 is 9.64 Å². The van der Waals surface area contributed by atoms with Crippen LogP contribution in [0.4, 0.5) is 5.69 Å². The first-order valence-corrected chi connectivity index (χ1v) is 12.4. The molecule has 0 bridgehead atoms. The Bertz CT molecular complexity index is 797. The molecule has 3 rings (SSSR count). The first-order chi connectivity index (χ1) is 13.8. The van der Waals surface area contributed by atoms with Gasteiger partial charge in [0.05, 0.1) is 17.8 Å². The summed E-state index contributed by atoms with van der Waals surface area (Å²) < 4.78 is 32.3. The lowest BCUT2D eigenvalue weighted by Crippen LogP contribution is -2.47. The van der Waals surface area contributed by atoms with Gasteiger partial charge in [-0.1, -0.05) is 27.2 Å². The summed E-state index contributed by atoms with van der Waals surface area (Å²) in [6, 6.07) is 7.73. The minimum Gasteiger partial charge on any atom is -0.494 e. The van der Waals surface area contributed by atoms with E-state index in [-0.39, 0.29) is 17.6 Å². The van der Waals surface area contributed by atoms with Gasteiger partial charge in [0.1, 0.15) is 5.75 Å². The van der Waals surface area contributed by atoms with Crippen LogP contribution in [-0.4, -0.2) is 50.6 Å². The van der Waals surface area contributed by atoms with Gasteiger partial charge in [-0.3, -0.25) is 4.79 Å². The van der Waals surface area contributed by atoms with Gasteiger partial charge in [0, 0.05) is 25.3 Å². The Morgan fingerprint density at radius 1 is 1.07 bits per heavy atom. The Morgan fingerprint density at radius 2 is 1.69 bits per heavy atom. The van der Waals surface area contributed by atoms with Crippen molar-refractivity contribution >= 4 is 21.6 Å². The molecule has 2 heterocycles. The van der Waals surface area contributed by atoms with Crippen LogP contribution in [0.2, 0.25) is 0 Å². The van der Waals surface area contributed by atoms with Crippen LogP contribution in [0.5, 0.6) is 5.75 Å². The molecule has 2 fully saturated rings. The summed E-state index contributed by atoms with van der Waals surface area (Å²) in [6.07, 6.45) is 4.13. The van der Waals surface area contributed by atoms with Crippen molar-refractivity contribution in [2.75, 3.05) is 36.9 Å². The predicted octanol–water partition coefficient (Wildman–Crippen LogP) is 3.67. The first-order valence-electron chi connectivity index (χ1n) is 10.8. The van der Waals surface area contributed by atoms with Crippen molar-refractivity contribution in [1.29, 1.82) is 0 Å². The largest absolute Gasteiger partial charge is 0.494 e. The van der Waals surface area contributed by atoms with E-state index >= 15 is 0 Å².